The summed E-state index contributed by atoms with van der Waals surface area (Å²) in [5.41, 5.74) is 0. The molecule has 1 saturated carbocycles. The topological polar surface area (TPSA) is 52.2 Å². The van der Waals surface area contributed by atoms with E-state index in [9.17, 15) is 9.90 Å². The number of hydrogen-bond donors (Lipinski definition) is 1. The first-order valence-corrected chi connectivity index (χ1v) is 3.17. The van der Waals surface area contributed by atoms with Gasteiger partial charge < -0.3 is 15.2 Å². The van der Waals surface area contributed by atoms with Crippen molar-refractivity contribution in [3.05, 3.63) is 0 Å². The van der Waals surface area contributed by atoms with Crippen LogP contribution in [-0.4, -0.2) is 18.1 Å². The van der Waals surface area contributed by atoms with Crippen molar-refractivity contribution in [1.82, 2.24) is 5.32 Å². The van der Waals surface area contributed by atoms with E-state index in [-0.39, 0.29) is 29.6 Å². The van der Waals surface area contributed by atoms with E-state index in [4.69, 9.17) is 0 Å². The molecule has 1 aliphatic rings. The quantitative estimate of drug-likeness (QED) is 0.417. The molecule has 1 unspecified atom stereocenters. The van der Waals surface area contributed by atoms with Gasteiger partial charge >= 0.3 is 29.6 Å². The van der Waals surface area contributed by atoms with Crippen LogP contribution in [-0.2, 0) is 4.79 Å². The van der Waals surface area contributed by atoms with Crippen LogP contribution in [0.3, 0.4) is 0 Å². The van der Waals surface area contributed by atoms with Crippen molar-refractivity contribution < 1.29 is 39.5 Å². The molecule has 1 aliphatic carbocycles. The van der Waals surface area contributed by atoms with Crippen molar-refractivity contribution in [2.75, 3.05) is 0 Å². The van der Waals surface area contributed by atoms with Crippen LogP contribution < -0.4 is 40.0 Å². The summed E-state index contributed by atoms with van der Waals surface area (Å²) < 4.78 is 0. The predicted octanol–water partition coefficient (Wildman–Crippen LogP) is -4.12. The first-order chi connectivity index (χ1) is 4.20. The monoisotopic (exact) mass is 151 g/mol. The van der Waals surface area contributed by atoms with Gasteiger partial charge in [0.1, 0.15) is 0 Å². The summed E-state index contributed by atoms with van der Waals surface area (Å²) in [7, 11) is 0. The van der Waals surface area contributed by atoms with Gasteiger partial charge in [0.2, 0.25) is 0 Å². The van der Waals surface area contributed by atoms with E-state index in [1.165, 1.54) is 0 Å². The van der Waals surface area contributed by atoms with Crippen LogP contribution >= 0.6 is 0 Å². The van der Waals surface area contributed by atoms with Crippen molar-refractivity contribution in [3.8, 4) is 0 Å². The van der Waals surface area contributed by atoms with Gasteiger partial charge in [-0.2, -0.15) is 0 Å². The molecule has 0 saturated heterocycles. The van der Waals surface area contributed by atoms with Gasteiger partial charge in [0.15, 0.2) is 0 Å². The fraction of sp³-hybridized carbons (Fsp3) is 0.833. The minimum absolute atomic E-state index is 0. The maximum atomic E-state index is 10.1. The molecule has 0 aromatic rings. The molecular weight excluding hydrogens is 141 g/mol. The standard InChI is InChI=1S/C6H11NO2.Na/c1-4(6(8)9)7-5-2-3-5;/h4-5,7H,2-3H2,1H3,(H,8,9);/q;+1/p-1. The number of nitrogens with one attached hydrogen (secondary N) is 1. The molecule has 1 N–H and O–H groups in total. The van der Waals surface area contributed by atoms with Crippen LogP contribution in [0, 0.1) is 0 Å². The van der Waals surface area contributed by atoms with E-state index >= 15 is 0 Å². The van der Waals surface area contributed by atoms with Crippen LogP contribution in [0.4, 0.5) is 0 Å². The van der Waals surface area contributed by atoms with Gasteiger partial charge in [-0.15, -0.1) is 0 Å². The Hall–Kier alpha value is 0.430. The van der Waals surface area contributed by atoms with E-state index in [2.05, 4.69) is 5.32 Å². The van der Waals surface area contributed by atoms with Crippen molar-refractivity contribution in [2.24, 2.45) is 0 Å². The molecule has 4 heteroatoms. The van der Waals surface area contributed by atoms with E-state index < -0.39 is 12.0 Å². The van der Waals surface area contributed by atoms with Crippen LogP contribution in [0.2, 0.25) is 0 Å². The maximum Gasteiger partial charge on any atom is 1.00 e. The molecule has 52 valence electrons. The Balaban J connectivity index is 0.000000810. The smallest absolute Gasteiger partial charge is 0.548 e. The molecule has 0 aromatic carbocycles. The summed E-state index contributed by atoms with van der Waals surface area (Å²) in [6, 6.07) is -0.0459. The van der Waals surface area contributed by atoms with Crippen molar-refractivity contribution in [1.29, 1.82) is 0 Å². The van der Waals surface area contributed by atoms with E-state index in [1.807, 2.05) is 0 Å². The summed E-state index contributed by atoms with van der Waals surface area (Å²) >= 11 is 0. The molecule has 0 bridgehead atoms. The first kappa shape index (κ1) is 10.4. The van der Waals surface area contributed by atoms with E-state index in [0.29, 0.717) is 6.04 Å². The minimum atomic E-state index is -1.01. The molecule has 0 aromatic heterocycles. The predicted molar refractivity (Wildman–Crippen MR) is 30.6 cm³/mol. The second-order valence-electron chi connectivity index (χ2n) is 2.48. The average molecular weight is 151 g/mol. The Bertz CT molecular complexity index is 125. The molecule has 1 rings (SSSR count). The Kier molecular flexibility index (Phi) is 4.52. The number of carboxylic acid groups (broad SMARTS) is 1. The van der Waals surface area contributed by atoms with Gasteiger partial charge in [-0.3, -0.25) is 0 Å². The zero-order valence-corrected chi connectivity index (χ0v) is 8.39. The largest absolute Gasteiger partial charge is 1.00 e. The molecular formula is C6H10NNaO2. The molecule has 0 amide bonds. The minimum Gasteiger partial charge on any atom is -0.548 e. The SMILES string of the molecule is CC(NC1CC1)C(=O)[O-].[Na+]. The van der Waals surface area contributed by atoms with Crippen LogP contribution in [0.1, 0.15) is 19.8 Å². The molecule has 0 spiro atoms. The summed E-state index contributed by atoms with van der Waals surface area (Å²) in [5, 5.41) is 13.0. The van der Waals surface area contributed by atoms with Gasteiger partial charge in [-0.05, 0) is 19.8 Å². The third-order valence-corrected chi connectivity index (χ3v) is 1.42. The number of carbonyl (C=O) groups is 1. The van der Waals surface area contributed by atoms with Crippen molar-refractivity contribution in [3.63, 3.8) is 0 Å². The summed E-state index contributed by atoms with van der Waals surface area (Å²) in [6.45, 7) is 1.60. The van der Waals surface area contributed by atoms with Gasteiger partial charge in [0, 0.05) is 12.1 Å². The second-order valence-corrected chi connectivity index (χ2v) is 2.48. The van der Waals surface area contributed by atoms with Crippen molar-refractivity contribution in [2.45, 2.75) is 31.8 Å². The molecule has 0 radical (unpaired) electrons. The number of carboxylic acids is 1. The Morgan fingerprint density at radius 3 is 2.50 bits per heavy atom. The third kappa shape index (κ3) is 3.56. The van der Waals surface area contributed by atoms with E-state index in [0.717, 1.165) is 12.8 Å². The zero-order valence-electron chi connectivity index (χ0n) is 6.39. The zero-order chi connectivity index (χ0) is 6.85. The Labute approximate surface area is 82.5 Å². The summed E-state index contributed by atoms with van der Waals surface area (Å²) in [5.74, 6) is -1.01. The third-order valence-electron chi connectivity index (χ3n) is 1.42. The fourth-order valence-electron chi connectivity index (χ4n) is 0.672. The van der Waals surface area contributed by atoms with Gasteiger partial charge in [0.25, 0.3) is 0 Å². The normalized spacial score (nSPS) is 19.3. The molecule has 1 fully saturated rings. The molecule has 0 aliphatic heterocycles. The first-order valence-electron chi connectivity index (χ1n) is 3.17. The van der Waals surface area contributed by atoms with Gasteiger partial charge in [0.05, 0.1) is 5.97 Å². The summed E-state index contributed by atoms with van der Waals surface area (Å²) in [6.07, 6.45) is 2.22. The van der Waals surface area contributed by atoms with Gasteiger partial charge in [-0.25, -0.2) is 0 Å². The van der Waals surface area contributed by atoms with Crippen molar-refractivity contribution >= 4 is 5.97 Å². The molecule has 10 heavy (non-hydrogen) atoms. The summed E-state index contributed by atoms with van der Waals surface area (Å²) in [4.78, 5) is 10.1. The average Bonchev–Trinajstić information content (AvgIpc) is 2.50. The second kappa shape index (κ2) is 4.34. The van der Waals surface area contributed by atoms with Crippen LogP contribution in [0.15, 0.2) is 0 Å². The maximum absolute atomic E-state index is 10.1. The molecule has 3 nitrogen and oxygen atoms in total. The van der Waals surface area contributed by atoms with Crippen LogP contribution in [0.25, 0.3) is 0 Å². The van der Waals surface area contributed by atoms with Crippen LogP contribution in [0.5, 0.6) is 0 Å². The molecule has 0 heterocycles. The fourth-order valence-corrected chi connectivity index (χ4v) is 0.672. The van der Waals surface area contributed by atoms with E-state index in [1.54, 1.807) is 6.92 Å². The number of hydrogen-bond acceptors (Lipinski definition) is 3. The number of aliphatic carboxylic acids is 1. The Morgan fingerprint density at radius 1 is 1.70 bits per heavy atom. The number of rotatable bonds is 3. The molecule has 1 atom stereocenters. The number of carbonyl (C=O) groups excluding carboxylic acids is 1. The van der Waals surface area contributed by atoms with Gasteiger partial charge in [-0.1, -0.05) is 0 Å². The Morgan fingerprint density at radius 2 is 2.20 bits per heavy atom.